The van der Waals surface area contributed by atoms with Crippen molar-refractivity contribution in [1.82, 2.24) is 9.97 Å². The molecule has 6 heteroatoms. The zero-order valence-corrected chi connectivity index (χ0v) is 14.7. The molecule has 132 valence electrons. The van der Waals surface area contributed by atoms with Gasteiger partial charge >= 0.3 is 5.97 Å². The molecule has 0 saturated carbocycles. The Hall–Kier alpha value is -3.41. The van der Waals surface area contributed by atoms with E-state index in [2.05, 4.69) is 15.3 Å². The molecule has 0 amide bonds. The highest BCUT2D eigenvalue weighted by Gasteiger charge is 2.08. The predicted octanol–water partition coefficient (Wildman–Crippen LogP) is 4.16. The number of hydrogen-bond acceptors (Lipinski definition) is 6. The minimum atomic E-state index is -0.332. The molecule has 1 N–H and O–H groups in total. The molecular formula is C20H20N4O2. The van der Waals surface area contributed by atoms with Gasteiger partial charge in [-0.3, -0.25) is 0 Å². The maximum absolute atomic E-state index is 11.7. The number of aromatic nitrogens is 2. The first-order chi connectivity index (χ1) is 12.7. The summed E-state index contributed by atoms with van der Waals surface area (Å²) in [5.41, 5.74) is 2.34. The van der Waals surface area contributed by atoms with Crippen LogP contribution in [-0.4, -0.2) is 29.6 Å². The number of benzene rings is 2. The third kappa shape index (κ3) is 4.16. The van der Waals surface area contributed by atoms with E-state index in [9.17, 15) is 4.79 Å². The fourth-order valence-electron chi connectivity index (χ4n) is 2.41. The normalized spacial score (nSPS) is 10.2. The van der Waals surface area contributed by atoms with Gasteiger partial charge in [-0.2, -0.15) is 4.98 Å². The topological polar surface area (TPSA) is 67.3 Å². The van der Waals surface area contributed by atoms with Gasteiger partial charge < -0.3 is 15.0 Å². The van der Waals surface area contributed by atoms with Gasteiger partial charge in [0.15, 0.2) is 0 Å². The number of carbonyl (C=O) groups is 1. The summed E-state index contributed by atoms with van der Waals surface area (Å²) in [4.78, 5) is 22.5. The van der Waals surface area contributed by atoms with Crippen LogP contribution in [0.5, 0.6) is 0 Å². The summed E-state index contributed by atoms with van der Waals surface area (Å²) in [6, 6.07) is 18.8. The average molecular weight is 348 g/mol. The zero-order chi connectivity index (χ0) is 18.4. The van der Waals surface area contributed by atoms with Crippen LogP contribution in [0.25, 0.3) is 0 Å². The summed E-state index contributed by atoms with van der Waals surface area (Å²) in [7, 11) is 1.95. The second-order valence-corrected chi connectivity index (χ2v) is 5.56. The van der Waals surface area contributed by atoms with E-state index < -0.39 is 0 Å². The van der Waals surface area contributed by atoms with Crippen molar-refractivity contribution in [2.75, 3.05) is 23.9 Å². The molecule has 0 bridgehead atoms. The molecule has 6 nitrogen and oxygen atoms in total. The molecule has 0 atom stereocenters. The molecule has 3 rings (SSSR count). The fraction of sp³-hybridized carbons (Fsp3) is 0.150. The summed E-state index contributed by atoms with van der Waals surface area (Å²) in [6.45, 7) is 2.14. The van der Waals surface area contributed by atoms with Gasteiger partial charge in [-0.05, 0) is 49.4 Å². The Morgan fingerprint density at radius 3 is 2.50 bits per heavy atom. The van der Waals surface area contributed by atoms with E-state index in [0.717, 1.165) is 17.2 Å². The highest BCUT2D eigenvalue weighted by molar-refractivity contribution is 5.89. The second kappa shape index (κ2) is 8.11. The Bertz CT molecular complexity index is 866. The number of nitrogens with zero attached hydrogens (tertiary/aromatic N) is 3. The molecule has 0 fully saturated rings. The standard InChI is InChI=1S/C20H20N4O2/c1-3-26-19(25)15-9-11-16(12-10-15)22-20-21-14-13-18(23-20)24(2)17-7-5-4-6-8-17/h4-14H,3H2,1-2H3,(H,21,22,23). The van der Waals surface area contributed by atoms with Gasteiger partial charge in [0.25, 0.3) is 0 Å². The molecule has 0 aliphatic rings. The Labute approximate surface area is 152 Å². The molecule has 3 aromatic rings. The van der Waals surface area contributed by atoms with Crippen LogP contribution in [0, 0.1) is 0 Å². The molecule has 26 heavy (non-hydrogen) atoms. The van der Waals surface area contributed by atoms with Gasteiger partial charge in [-0.15, -0.1) is 0 Å². The first kappa shape index (κ1) is 17.4. The van der Waals surface area contributed by atoms with Crippen molar-refractivity contribution in [3.8, 4) is 0 Å². The molecule has 0 aliphatic carbocycles. The van der Waals surface area contributed by atoms with E-state index in [1.54, 1.807) is 37.4 Å². The van der Waals surface area contributed by atoms with Gasteiger partial charge in [0.2, 0.25) is 5.95 Å². The second-order valence-electron chi connectivity index (χ2n) is 5.56. The van der Waals surface area contributed by atoms with E-state index in [0.29, 0.717) is 18.1 Å². The fourth-order valence-corrected chi connectivity index (χ4v) is 2.41. The van der Waals surface area contributed by atoms with Crippen molar-refractivity contribution >= 4 is 29.1 Å². The number of anilines is 4. The van der Waals surface area contributed by atoms with Crippen molar-refractivity contribution in [3.05, 3.63) is 72.4 Å². The highest BCUT2D eigenvalue weighted by Crippen LogP contribution is 2.22. The lowest BCUT2D eigenvalue weighted by molar-refractivity contribution is 0.0526. The summed E-state index contributed by atoms with van der Waals surface area (Å²) in [6.07, 6.45) is 1.71. The number of para-hydroxylation sites is 1. The van der Waals surface area contributed by atoms with Crippen molar-refractivity contribution in [1.29, 1.82) is 0 Å². The van der Waals surface area contributed by atoms with Gasteiger partial charge in [-0.25, -0.2) is 9.78 Å². The molecule has 0 aliphatic heterocycles. The maximum Gasteiger partial charge on any atom is 0.338 e. The lowest BCUT2D eigenvalue weighted by Crippen LogP contribution is -2.12. The summed E-state index contributed by atoms with van der Waals surface area (Å²) >= 11 is 0. The first-order valence-electron chi connectivity index (χ1n) is 8.33. The van der Waals surface area contributed by atoms with E-state index in [-0.39, 0.29) is 5.97 Å². The molecule has 0 radical (unpaired) electrons. The SMILES string of the molecule is CCOC(=O)c1ccc(Nc2nccc(N(C)c3ccccc3)n2)cc1. The number of rotatable bonds is 6. The molecule has 0 spiro atoms. The summed E-state index contributed by atoms with van der Waals surface area (Å²) in [5.74, 6) is 0.924. The van der Waals surface area contributed by atoms with E-state index >= 15 is 0 Å². The van der Waals surface area contributed by atoms with Crippen LogP contribution in [0.1, 0.15) is 17.3 Å². The Morgan fingerprint density at radius 2 is 1.81 bits per heavy atom. The number of esters is 1. The molecule has 1 aromatic heterocycles. The van der Waals surface area contributed by atoms with Crippen LogP contribution >= 0.6 is 0 Å². The minimum absolute atomic E-state index is 0.332. The van der Waals surface area contributed by atoms with E-state index in [1.807, 2.05) is 48.3 Å². The van der Waals surface area contributed by atoms with Crippen LogP contribution < -0.4 is 10.2 Å². The minimum Gasteiger partial charge on any atom is -0.462 e. The number of nitrogens with one attached hydrogen (secondary N) is 1. The maximum atomic E-state index is 11.7. The highest BCUT2D eigenvalue weighted by atomic mass is 16.5. The number of hydrogen-bond donors (Lipinski definition) is 1. The lowest BCUT2D eigenvalue weighted by atomic mass is 10.2. The van der Waals surface area contributed by atoms with Crippen molar-refractivity contribution in [2.45, 2.75) is 6.92 Å². The molecular weight excluding hydrogens is 328 g/mol. The molecule has 0 saturated heterocycles. The quantitative estimate of drug-likeness (QED) is 0.675. The van der Waals surface area contributed by atoms with Gasteiger partial charge in [0.05, 0.1) is 12.2 Å². The van der Waals surface area contributed by atoms with Crippen LogP contribution in [0.4, 0.5) is 23.1 Å². The molecule has 1 heterocycles. The van der Waals surface area contributed by atoms with Gasteiger partial charge in [0, 0.05) is 24.6 Å². The largest absolute Gasteiger partial charge is 0.462 e. The monoisotopic (exact) mass is 348 g/mol. The zero-order valence-electron chi connectivity index (χ0n) is 14.7. The van der Waals surface area contributed by atoms with Gasteiger partial charge in [0.1, 0.15) is 5.82 Å². The smallest absolute Gasteiger partial charge is 0.338 e. The third-order valence-electron chi connectivity index (χ3n) is 3.78. The average Bonchev–Trinajstić information content (AvgIpc) is 2.69. The Balaban J connectivity index is 1.74. The molecule has 2 aromatic carbocycles. The summed E-state index contributed by atoms with van der Waals surface area (Å²) < 4.78 is 4.98. The molecule has 0 unspecified atom stereocenters. The van der Waals surface area contributed by atoms with Crippen LogP contribution in [-0.2, 0) is 4.74 Å². The first-order valence-corrected chi connectivity index (χ1v) is 8.33. The van der Waals surface area contributed by atoms with E-state index in [4.69, 9.17) is 4.74 Å². The Kier molecular flexibility index (Phi) is 5.43. The van der Waals surface area contributed by atoms with Crippen LogP contribution in [0.15, 0.2) is 66.9 Å². The third-order valence-corrected chi connectivity index (χ3v) is 3.78. The van der Waals surface area contributed by atoms with Crippen molar-refractivity contribution < 1.29 is 9.53 Å². The lowest BCUT2D eigenvalue weighted by Gasteiger charge is -2.18. The Morgan fingerprint density at radius 1 is 1.08 bits per heavy atom. The van der Waals surface area contributed by atoms with Crippen LogP contribution in [0.2, 0.25) is 0 Å². The van der Waals surface area contributed by atoms with Gasteiger partial charge in [-0.1, -0.05) is 18.2 Å². The van der Waals surface area contributed by atoms with Crippen LogP contribution in [0.3, 0.4) is 0 Å². The van der Waals surface area contributed by atoms with Crippen molar-refractivity contribution in [2.24, 2.45) is 0 Å². The number of carbonyl (C=O) groups excluding carboxylic acids is 1. The predicted molar refractivity (Wildman–Crippen MR) is 102 cm³/mol. The summed E-state index contributed by atoms with van der Waals surface area (Å²) in [5, 5.41) is 3.15. The number of ether oxygens (including phenoxy) is 1. The van der Waals surface area contributed by atoms with Crippen molar-refractivity contribution in [3.63, 3.8) is 0 Å². The van der Waals surface area contributed by atoms with E-state index in [1.165, 1.54) is 0 Å².